The molecule has 2 rings (SSSR count). The summed E-state index contributed by atoms with van der Waals surface area (Å²) in [6.07, 6.45) is 0. The Bertz CT molecular complexity index is 539. The highest BCUT2D eigenvalue weighted by atomic mass is 16.5. The summed E-state index contributed by atoms with van der Waals surface area (Å²) >= 11 is 0. The van der Waals surface area contributed by atoms with Crippen LogP contribution < -0.4 is 9.47 Å². The van der Waals surface area contributed by atoms with Crippen molar-refractivity contribution in [1.29, 1.82) is 0 Å². The standard InChI is InChI=1S/2C10H14O/c2*1-7-5-8(2)10(11-4)9(3)6-7/h2*5-6H,1-4H3. The van der Waals surface area contributed by atoms with E-state index < -0.39 is 0 Å². The van der Waals surface area contributed by atoms with Gasteiger partial charge in [-0.05, 0) is 63.8 Å². The maximum absolute atomic E-state index is 5.23. The third kappa shape index (κ3) is 4.52. The van der Waals surface area contributed by atoms with Crippen molar-refractivity contribution in [2.45, 2.75) is 41.5 Å². The maximum atomic E-state index is 5.23. The lowest BCUT2D eigenvalue weighted by Gasteiger charge is -2.08. The van der Waals surface area contributed by atoms with Crippen LogP contribution in [0, 0.1) is 41.5 Å². The minimum absolute atomic E-state index is 1.01. The Kier molecular flexibility index (Phi) is 6.48. The lowest BCUT2D eigenvalue weighted by molar-refractivity contribution is 0.408. The molecule has 0 unspecified atom stereocenters. The Balaban J connectivity index is 0.000000220. The highest BCUT2D eigenvalue weighted by molar-refractivity contribution is 5.43. The van der Waals surface area contributed by atoms with Gasteiger partial charge in [-0.25, -0.2) is 0 Å². The Labute approximate surface area is 135 Å². The molecule has 0 saturated heterocycles. The third-order valence-corrected chi connectivity index (χ3v) is 3.62. The largest absolute Gasteiger partial charge is 0.496 e. The van der Waals surface area contributed by atoms with Crippen LogP contribution in [0.5, 0.6) is 11.5 Å². The van der Waals surface area contributed by atoms with Gasteiger partial charge in [-0.3, -0.25) is 0 Å². The summed E-state index contributed by atoms with van der Waals surface area (Å²) in [4.78, 5) is 0. The molecular weight excluding hydrogens is 272 g/mol. The van der Waals surface area contributed by atoms with E-state index in [4.69, 9.17) is 9.47 Å². The van der Waals surface area contributed by atoms with Crippen LogP contribution in [0.25, 0.3) is 0 Å². The molecular formula is C20H28O2. The Morgan fingerprint density at radius 2 is 0.727 bits per heavy atom. The number of benzene rings is 2. The van der Waals surface area contributed by atoms with Crippen molar-refractivity contribution in [3.8, 4) is 11.5 Å². The van der Waals surface area contributed by atoms with E-state index in [1.807, 2.05) is 0 Å². The third-order valence-electron chi connectivity index (χ3n) is 3.62. The van der Waals surface area contributed by atoms with Gasteiger partial charge < -0.3 is 9.47 Å². The zero-order valence-electron chi connectivity index (χ0n) is 15.1. The molecule has 0 spiro atoms. The lowest BCUT2D eigenvalue weighted by atomic mass is 10.1. The van der Waals surface area contributed by atoms with Gasteiger partial charge in [0.1, 0.15) is 11.5 Å². The van der Waals surface area contributed by atoms with Crippen molar-refractivity contribution in [1.82, 2.24) is 0 Å². The molecule has 2 aromatic rings. The van der Waals surface area contributed by atoms with E-state index in [0.717, 1.165) is 11.5 Å². The van der Waals surface area contributed by atoms with Gasteiger partial charge in [0.05, 0.1) is 14.2 Å². The number of rotatable bonds is 2. The second kappa shape index (κ2) is 7.88. The van der Waals surface area contributed by atoms with Gasteiger partial charge in [-0.15, -0.1) is 0 Å². The van der Waals surface area contributed by atoms with Gasteiger partial charge in [0, 0.05) is 0 Å². The number of methoxy groups -OCH3 is 2. The first-order chi connectivity index (χ1) is 10.3. The average Bonchev–Trinajstić information content (AvgIpc) is 2.38. The zero-order valence-corrected chi connectivity index (χ0v) is 15.1. The predicted octanol–water partition coefficient (Wildman–Crippen LogP) is 5.24. The molecule has 0 aliphatic carbocycles. The number of aryl methyl sites for hydroxylation is 6. The van der Waals surface area contributed by atoms with E-state index in [1.165, 1.54) is 33.4 Å². The van der Waals surface area contributed by atoms with Crippen molar-refractivity contribution in [2.75, 3.05) is 14.2 Å². The summed E-state index contributed by atoms with van der Waals surface area (Å²) in [7, 11) is 3.43. The fourth-order valence-electron chi connectivity index (χ4n) is 2.98. The van der Waals surface area contributed by atoms with Gasteiger partial charge in [-0.2, -0.15) is 0 Å². The van der Waals surface area contributed by atoms with Gasteiger partial charge in [0.25, 0.3) is 0 Å². The molecule has 120 valence electrons. The quantitative estimate of drug-likeness (QED) is 0.755. The Hall–Kier alpha value is -1.96. The van der Waals surface area contributed by atoms with Crippen LogP contribution in [0.3, 0.4) is 0 Å². The molecule has 0 saturated carbocycles. The fraction of sp³-hybridized carbons (Fsp3) is 0.400. The van der Waals surface area contributed by atoms with E-state index >= 15 is 0 Å². The molecule has 0 aliphatic rings. The first-order valence-corrected chi connectivity index (χ1v) is 7.53. The van der Waals surface area contributed by atoms with Crippen molar-refractivity contribution < 1.29 is 9.47 Å². The average molecular weight is 300 g/mol. The summed E-state index contributed by atoms with van der Waals surface area (Å²) in [5.74, 6) is 2.02. The summed E-state index contributed by atoms with van der Waals surface area (Å²) in [6.45, 7) is 12.5. The van der Waals surface area contributed by atoms with Crippen LogP contribution >= 0.6 is 0 Å². The number of hydrogen-bond donors (Lipinski definition) is 0. The molecule has 2 aromatic carbocycles. The van der Waals surface area contributed by atoms with Crippen molar-refractivity contribution in [3.63, 3.8) is 0 Å². The molecule has 2 nitrogen and oxygen atoms in total. The topological polar surface area (TPSA) is 18.5 Å². The molecule has 0 fully saturated rings. The van der Waals surface area contributed by atoms with Crippen LogP contribution in [0.2, 0.25) is 0 Å². The summed E-state index contributed by atoms with van der Waals surface area (Å²) in [5, 5.41) is 0. The van der Waals surface area contributed by atoms with Crippen LogP contribution in [0.15, 0.2) is 24.3 Å². The minimum Gasteiger partial charge on any atom is -0.496 e. The molecule has 22 heavy (non-hydrogen) atoms. The van der Waals surface area contributed by atoms with Gasteiger partial charge in [0.2, 0.25) is 0 Å². The van der Waals surface area contributed by atoms with Gasteiger partial charge in [-0.1, -0.05) is 35.4 Å². The van der Waals surface area contributed by atoms with E-state index in [2.05, 4.69) is 65.8 Å². The lowest BCUT2D eigenvalue weighted by Crippen LogP contribution is -1.91. The first-order valence-electron chi connectivity index (χ1n) is 7.53. The second-order valence-corrected chi connectivity index (χ2v) is 5.86. The Morgan fingerprint density at radius 1 is 0.500 bits per heavy atom. The van der Waals surface area contributed by atoms with Crippen LogP contribution in [0.4, 0.5) is 0 Å². The molecule has 0 heterocycles. The Morgan fingerprint density at radius 3 is 0.909 bits per heavy atom. The molecule has 0 atom stereocenters. The van der Waals surface area contributed by atoms with Crippen LogP contribution in [-0.4, -0.2) is 14.2 Å². The summed E-state index contributed by atoms with van der Waals surface area (Å²) in [5.41, 5.74) is 7.44. The van der Waals surface area contributed by atoms with Crippen molar-refractivity contribution in [2.24, 2.45) is 0 Å². The number of hydrogen-bond acceptors (Lipinski definition) is 2. The van der Waals surface area contributed by atoms with Crippen LogP contribution in [0.1, 0.15) is 33.4 Å². The zero-order chi connectivity index (χ0) is 16.9. The van der Waals surface area contributed by atoms with Crippen molar-refractivity contribution in [3.05, 3.63) is 57.6 Å². The number of ether oxygens (including phenoxy) is 2. The summed E-state index contributed by atoms with van der Waals surface area (Å²) in [6, 6.07) is 8.52. The monoisotopic (exact) mass is 300 g/mol. The molecule has 0 N–H and O–H groups in total. The highest BCUT2D eigenvalue weighted by Crippen LogP contribution is 2.24. The van der Waals surface area contributed by atoms with Gasteiger partial charge >= 0.3 is 0 Å². The normalized spacial score (nSPS) is 9.82. The maximum Gasteiger partial charge on any atom is 0.124 e. The molecule has 0 radical (unpaired) electrons. The first kappa shape index (κ1) is 18.1. The van der Waals surface area contributed by atoms with E-state index in [9.17, 15) is 0 Å². The van der Waals surface area contributed by atoms with Gasteiger partial charge in [0.15, 0.2) is 0 Å². The highest BCUT2D eigenvalue weighted by Gasteiger charge is 2.02. The van der Waals surface area contributed by atoms with E-state index in [0.29, 0.717) is 0 Å². The smallest absolute Gasteiger partial charge is 0.124 e. The fourth-order valence-corrected chi connectivity index (χ4v) is 2.98. The molecule has 0 amide bonds. The molecule has 0 aromatic heterocycles. The SMILES string of the molecule is COc1c(C)cc(C)cc1C.COc1c(C)cc(C)cc1C. The summed E-state index contributed by atoms with van der Waals surface area (Å²) < 4.78 is 10.5. The van der Waals surface area contributed by atoms with E-state index in [-0.39, 0.29) is 0 Å². The molecule has 0 bridgehead atoms. The van der Waals surface area contributed by atoms with E-state index in [1.54, 1.807) is 14.2 Å². The predicted molar refractivity (Wildman–Crippen MR) is 94.4 cm³/mol. The molecule has 2 heteroatoms. The minimum atomic E-state index is 1.01. The van der Waals surface area contributed by atoms with Crippen LogP contribution in [-0.2, 0) is 0 Å². The molecule has 0 aliphatic heterocycles. The second-order valence-electron chi connectivity index (χ2n) is 5.86. The van der Waals surface area contributed by atoms with Crippen molar-refractivity contribution >= 4 is 0 Å².